The van der Waals surface area contributed by atoms with Gasteiger partial charge >= 0.3 is 0 Å². The van der Waals surface area contributed by atoms with Crippen LogP contribution in [0.4, 0.5) is 0 Å². The molecule has 1 saturated heterocycles. The van der Waals surface area contributed by atoms with Crippen molar-refractivity contribution in [3.05, 3.63) is 0 Å². The summed E-state index contributed by atoms with van der Waals surface area (Å²) in [6.45, 7) is 11.1. The molecule has 114 valence electrons. The maximum Gasteiger partial charge on any atom is 0.198 e. The van der Waals surface area contributed by atoms with Gasteiger partial charge in [0.1, 0.15) is 0 Å². The fourth-order valence-electron chi connectivity index (χ4n) is 4.91. The van der Waals surface area contributed by atoms with Gasteiger partial charge in [0.05, 0.1) is 0 Å². The van der Waals surface area contributed by atoms with Gasteiger partial charge in [0.15, 0.2) is 8.32 Å². The Morgan fingerprint density at radius 1 is 1.21 bits per heavy atom. The summed E-state index contributed by atoms with van der Waals surface area (Å²) in [5, 5.41) is 0.505. The molecule has 0 bridgehead atoms. The zero-order chi connectivity index (χ0) is 14.4. The number of rotatable bonds is 8. The van der Waals surface area contributed by atoms with Gasteiger partial charge in [-0.3, -0.25) is 0 Å². The van der Waals surface area contributed by atoms with Gasteiger partial charge in [-0.2, -0.15) is 0 Å². The topological polar surface area (TPSA) is 35.2 Å². The number of nitrogens with two attached hydrogens (primary N) is 1. The van der Waals surface area contributed by atoms with E-state index in [1.165, 1.54) is 50.6 Å². The SMILES string of the molecule is CCO[Si]1(CC)CCCC(CCCN)C1(CC)CC. The average Bonchev–Trinajstić information content (AvgIpc) is 2.45. The van der Waals surface area contributed by atoms with Crippen LogP contribution in [0.3, 0.4) is 0 Å². The van der Waals surface area contributed by atoms with Crippen molar-refractivity contribution in [1.82, 2.24) is 0 Å². The summed E-state index contributed by atoms with van der Waals surface area (Å²) in [5.74, 6) is 0.859. The molecule has 0 aromatic heterocycles. The third-order valence-corrected chi connectivity index (χ3v) is 11.9. The summed E-state index contributed by atoms with van der Waals surface area (Å²) >= 11 is 0. The lowest BCUT2D eigenvalue weighted by Gasteiger charge is -2.55. The molecule has 3 heteroatoms. The van der Waals surface area contributed by atoms with Crippen LogP contribution in [0, 0.1) is 5.92 Å². The maximum absolute atomic E-state index is 6.54. The van der Waals surface area contributed by atoms with Crippen molar-refractivity contribution in [3.8, 4) is 0 Å². The maximum atomic E-state index is 6.54. The predicted octanol–water partition coefficient (Wildman–Crippen LogP) is 4.70. The minimum atomic E-state index is -1.59. The predicted molar refractivity (Wildman–Crippen MR) is 87.0 cm³/mol. The highest BCUT2D eigenvalue weighted by Gasteiger charge is 2.56. The first kappa shape index (κ1) is 17.2. The number of hydrogen-bond donors (Lipinski definition) is 1. The summed E-state index contributed by atoms with van der Waals surface area (Å²) < 4.78 is 6.54. The Balaban J connectivity index is 3.06. The molecule has 1 aliphatic rings. The van der Waals surface area contributed by atoms with Gasteiger partial charge in [-0.1, -0.05) is 46.5 Å². The second-order valence-electron chi connectivity index (χ2n) is 6.16. The lowest BCUT2D eigenvalue weighted by Crippen LogP contribution is -2.55. The highest BCUT2D eigenvalue weighted by molar-refractivity contribution is 6.77. The molecular weight excluding hydrogens is 250 g/mol. The van der Waals surface area contributed by atoms with Crippen molar-refractivity contribution >= 4 is 8.32 Å². The smallest absolute Gasteiger partial charge is 0.198 e. The van der Waals surface area contributed by atoms with Gasteiger partial charge in [-0.15, -0.1) is 0 Å². The van der Waals surface area contributed by atoms with E-state index in [1.807, 2.05) is 0 Å². The highest BCUT2D eigenvalue weighted by Crippen LogP contribution is 2.60. The molecule has 1 fully saturated rings. The van der Waals surface area contributed by atoms with E-state index >= 15 is 0 Å². The molecule has 2 atom stereocenters. The van der Waals surface area contributed by atoms with Crippen LogP contribution in [-0.2, 0) is 4.43 Å². The van der Waals surface area contributed by atoms with Crippen LogP contribution in [0.25, 0.3) is 0 Å². The van der Waals surface area contributed by atoms with Gasteiger partial charge in [-0.25, -0.2) is 0 Å². The van der Waals surface area contributed by atoms with E-state index in [-0.39, 0.29) is 0 Å². The van der Waals surface area contributed by atoms with Crippen LogP contribution in [0.5, 0.6) is 0 Å². The van der Waals surface area contributed by atoms with E-state index in [1.54, 1.807) is 0 Å². The first-order chi connectivity index (χ1) is 9.16. The Morgan fingerprint density at radius 2 is 1.89 bits per heavy atom. The Kier molecular flexibility index (Phi) is 7.05. The zero-order valence-corrected chi connectivity index (χ0v) is 14.6. The lowest BCUT2D eigenvalue weighted by molar-refractivity contribution is 0.190. The third kappa shape index (κ3) is 3.08. The van der Waals surface area contributed by atoms with Gasteiger partial charge in [-0.05, 0) is 49.4 Å². The standard InChI is InChI=1S/C16H35NOSi/c1-5-16(6-2)15(11-9-13-17)12-10-14-19(16,8-4)18-7-3/h15H,5-14,17H2,1-4H3. The van der Waals surface area contributed by atoms with Crippen LogP contribution < -0.4 is 5.73 Å². The minimum Gasteiger partial charge on any atom is -0.417 e. The molecule has 2 unspecified atom stereocenters. The Hall–Kier alpha value is 0.137. The molecule has 0 aliphatic carbocycles. The Bertz CT molecular complexity index is 251. The van der Waals surface area contributed by atoms with E-state index in [9.17, 15) is 0 Å². The third-order valence-electron chi connectivity index (χ3n) is 5.83. The second-order valence-corrected chi connectivity index (χ2v) is 10.6. The zero-order valence-electron chi connectivity index (χ0n) is 13.6. The Labute approximate surface area is 121 Å². The van der Waals surface area contributed by atoms with E-state index < -0.39 is 8.32 Å². The van der Waals surface area contributed by atoms with E-state index in [0.29, 0.717) is 5.04 Å². The van der Waals surface area contributed by atoms with Crippen molar-refractivity contribution < 1.29 is 4.43 Å². The molecule has 2 N–H and O–H groups in total. The molecule has 0 spiro atoms. The molecule has 0 amide bonds. The Morgan fingerprint density at radius 3 is 2.37 bits per heavy atom. The fraction of sp³-hybridized carbons (Fsp3) is 1.00. The molecule has 1 aliphatic heterocycles. The molecule has 19 heavy (non-hydrogen) atoms. The molecule has 0 radical (unpaired) electrons. The quantitative estimate of drug-likeness (QED) is 0.656. The molecule has 1 rings (SSSR count). The van der Waals surface area contributed by atoms with Crippen molar-refractivity contribution in [2.75, 3.05) is 13.2 Å². The van der Waals surface area contributed by atoms with Gasteiger partial charge < -0.3 is 10.2 Å². The van der Waals surface area contributed by atoms with Crippen LogP contribution in [-0.4, -0.2) is 21.5 Å². The normalized spacial score (nSPS) is 30.5. The van der Waals surface area contributed by atoms with Crippen molar-refractivity contribution in [2.45, 2.75) is 83.3 Å². The summed E-state index contributed by atoms with van der Waals surface area (Å²) in [7, 11) is -1.59. The first-order valence-corrected chi connectivity index (χ1v) is 10.8. The molecule has 0 aromatic rings. The summed E-state index contributed by atoms with van der Waals surface area (Å²) in [6, 6.07) is 2.68. The summed E-state index contributed by atoms with van der Waals surface area (Å²) in [5.41, 5.74) is 5.76. The van der Waals surface area contributed by atoms with Gasteiger partial charge in [0.25, 0.3) is 0 Å². The van der Waals surface area contributed by atoms with E-state index in [0.717, 1.165) is 19.1 Å². The minimum absolute atomic E-state index is 0.505. The van der Waals surface area contributed by atoms with Crippen LogP contribution >= 0.6 is 0 Å². The van der Waals surface area contributed by atoms with E-state index in [4.69, 9.17) is 10.2 Å². The highest BCUT2D eigenvalue weighted by atomic mass is 28.4. The first-order valence-electron chi connectivity index (χ1n) is 8.50. The average molecular weight is 286 g/mol. The van der Waals surface area contributed by atoms with Crippen LogP contribution in [0.1, 0.15) is 66.2 Å². The lowest BCUT2D eigenvalue weighted by atomic mass is 9.80. The fourth-order valence-corrected chi connectivity index (χ4v) is 10.8. The molecule has 0 saturated carbocycles. The second kappa shape index (κ2) is 7.80. The molecular formula is C16H35NOSi. The monoisotopic (exact) mass is 285 g/mol. The van der Waals surface area contributed by atoms with Gasteiger partial charge in [0, 0.05) is 6.61 Å². The molecule has 2 nitrogen and oxygen atoms in total. The molecule has 0 aromatic carbocycles. The molecule has 1 heterocycles. The van der Waals surface area contributed by atoms with E-state index in [2.05, 4.69) is 27.7 Å². The van der Waals surface area contributed by atoms with Crippen molar-refractivity contribution in [1.29, 1.82) is 0 Å². The number of hydrogen-bond acceptors (Lipinski definition) is 2. The summed E-state index contributed by atoms with van der Waals surface area (Å²) in [4.78, 5) is 0. The van der Waals surface area contributed by atoms with Crippen LogP contribution in [0.15, 0.2) is 0 Å². The van der Waals surface area contributed by atoms with Crippen LogP contribution in [0.2, 0.25) is 17.1 Å². The van der Waals surface area contributed by atoms with Gasteiger partial charge in [0.2, 0.25) is 0 Å². The van der Waals surface area contributed by atoms with Crippen molar-refractivity contribution in [2.24, 2.45) is 11.7 Å². The largest absolute Gasteiger partial charge is 0.417 e. The summed E-state index contributed by atoms with van der Waals surface area (Å²) in [6.07, 6.45) is 7.91. The van der Waals surface area contributed by atoms with Crippen molar-refractivity contribution in [3.63, 3.8) is 0 Å².